The van der Waals surface area contributed by atoms with Crippen LogP contribution in [0.25, 0.3) is 28.0 Å². The molecular weight excluding hydrogens is 456 g/mol. The molecule has 7 nitrogen and oxygen atoms in total. The molecule has 2 aromatic carbocycles. The third-order valence-corrected chi connectivity index (χ3v) is 7.09. The van der Waals surface area contributed by atoms with Crippen LogP contribution in [0.15, 0.2) is 59.9 Å². The maximum absolute atomic E-state index is 12.7. The van der Waals surface area contributed by atoms with Crippen molar-refractivity contribution in [3.8, 4) is 23.1 Å². The Morgan fingerprint density at radius 3 is 2.76 bits per heavy atom. The summed E-state index contributed by atoms with van der Waals surface area (Å²) in [4.78, 5) is 15.9. The number of aromatic nitrogens is 4. The number of carbonyl (C=O) groups is 1. The number of nitrogens with zero attached hydrogens (tertiary/aromatic N) is 4. The number of fused-ring (bicyclic) bond motifs is 1. The molecule has 1 unspecified atom stereocenters. The minimum Gasteiger partial charge on any atom is -0.360 e. The normalized spacial score (nSPS) is 15.2. The van der Waals surface area contributed by atoms with E-state index >= 15 is 0 Å². The second-order valence-electron chi connectivity index (χ2n) is 8.29. The fourth-order valence-electron chi connectivity index (χ4n) is 3.96. The molecule has 0 spiro atoms. The summed E-state index contributed by atoms with van der Waals surface area (Å²) in [5.41, 5.74) is 1.93. The number of amides is 1. The van der Waals surface area contributed by atoms with Crippen LogP contribution >= 0.6 is 23.4 Å². The number of nitriles is 1. The van der Waals surface area contributed by atoms with Crippen LogP contribution in [0.1, 0.15) is 19.8 Å². The first-order chi connectivity index (χ1) is 16.0. The maximum atomic E-state index is 12.7. The van der Waals surface area contributed by atoms with E-state index in [1.807, 2.05) is 59.3 Å². The number of hydrogen-bond acceptors (Lipinski definition) is 5. The van der Waals surface area contributed by atoms with Crippen LogP contribution < -0.4 is 5.32 Å². The molecule has 1 atom stereocenters. The lowest BCUT2D eigenvalue weighted by Crippen LogP contribution is -2.47. The average molecular weight is 477 g/mol. The molecule has 9 heteroatoms. The molecule has 0 saturated heterocycles. The average Bonchev–Trinajstić information content (AvgIpc) is 3.48. The molecule has 1 aliphatic rings. The number of para-hydroxylation sites is 1. The number of aromatic amines is 1. The summed E-state index contributed by atoms with van der Waals surface area (Å²) in [5.74, 6) is 0.819. The lowest BCUT2D eigenvalue weighted by Gasteiger charge is -2.22. The van der Waals surface area contributed by atoms with Crippen molar-refractivity contribution in [3.05, 3.63) is 59.8 Å². The number of H-pyrrole nitrogens is 1. The molecule has 0 bridgehead atoms. The highest BCUT2D eigenvalue weighted by atomic mass is 35.5. The minimum atomic E-state index is -0.823. The Morgan fingerprint density at radius 2 is 2.03 bits per heavy atom. The number of thioether (sulfide) groups is 1. The lowest BCUT2D eigenvalue weighted by molar-refractivity contribution is -0.119. The van der Waals surface area contributed by atoms with Crippen LogP contribution in [0.4, 0.5) is 0 Å². The first kappa shape index (κ1) is 21.6. The Balaban J connectivity index is 1.47. The Morgan fingerprint density at radius 1 is 1.27 bits per heavy atom. The van der Waals surface area contributed by atoms with Gasteiger partial charge in [-0.05, 0) is 56.0 Å². The summed E-state index contributed by atoms with van der Waals surface area (Å²) < 4.78 is 1.92. The SMILES string of the molecule is CC(C#N)(NC(=O)CSc1nnc(-c2c[nH]c3ccccc23)n1-c1ccc(Cl)cc1)C1CC1. The summed E-state index contributed by atoms with van der Waals surface area (Å²) in [5, 5.41) is 23.5. The van der Waals surface area contributed by atoms with Gasteiger partial charge in [0.1, 0.15) is 5.54 Å². The van der Waals surface area contributed by atoms with Gasteiger partial charge in [-0.25, -0.2) is 0 Å². The van der Waals surface area contributed by atoms with Crippen molar-refractivity contribution < 1.29 is 4.79 Å². The molecule has 0 radical (unpaired) electrons. The molecule has 5 rings (SSSR count). The summed E-state index contributed by atoms with van der Waals surface area (Å²) in [6.07, 6.45) is 3.85. The van der Waals surface area contributed by atoms with E-state index in [4.69, 9.17) is 11.6 Å². The fourth-order valence-corrected chi connectivity index (χ4v) is 4.83. The molecule has 33 heavy (non-hydrogen) atoms. The van der Waals surface area contributed by atoms with Crippen molar-refractivity contribution >= 4 is 40.2 Å². The highest BCUT2D eigenvalue weighted by Crippen LogP contribution is 2.39. The fraction of sp³-hybridized carbons (Fsp3) is 0.250. The third-order valence-electron chi connectivity index (χ3n) is 5.91. The predicted octanol–water partition coefficient (Wildman–Crippen LogP) is 4.97. The number of halogens is 1. The zero-order valence-electron chi connectivity index (χ0n) is 17.9. The van der Waals surface area contributed by atoms with Crippen molar-refractivity contribution in [2.45, 2.75) is 30.5 Å². The number of rotatable bonds is 7. The van der Waals surface area contributed by atoms with E-state index in [9.17, 15) is 10.1 Å². The first-order valence-electron chi connectivity index (χ1n) is 10.6. The van der Waals surface area contributed by atoms with E-state index in [0.717, 1.165) is 35.0 Å². The van der Waals surface area contributed by atoms with E-state index in [-0.39, 0.29) is 17.6 Å². The van der Waals surface area contributed by atoms with Crippen molar-refractivity contribution in [2.75, 3.05) is 5.75 Å². The molecule has 2 heterocycles. The van der Waals surface area contributed by atoms with E-state index in [1.54, 1.807) is 6.92 Å². The van der Waals surface area contributed by atoms with Gasteiger partial charge in [0, 0.05) is 33.4 Å². The Hall–Kier alpha value is -3.28. The molecule has 166 valence electrons. The molecular formula is C24H21ClN6OS. The summed E-state index contributed by atoms with van der Waals surface area (Å²) in [6.45, 7) is 1.79. The van der Waals surface area contributed by atoms with Gasteiger partial charge in [0.25, 0.3) is 0 Å². The number of hydrogen-bond donors (Lipinski definition) is 2. The minimum absolute atomic E-state index is 0.129. The topological polar surface area (TPSA) is 99.4 Å². The molecule has 2 N–H and O–H groups in total. The largest absolute Gasteiger partial charge is 0.360 e. The van der Waals surface area contributed by atoms with Gasteiger partial charge in [-0.3, -0.25) is 9.36 Å². The van der Waals surface area contributed by atoms with E-state index in [2.05, 4.69) is 26.6 Å². The van der Waals surface area contributed by atoms with Gasteiger partial charge in [-0.1, -0.05) is 41.6 Å². The van der Waals surface area contributed by atoms with Crippen molar-refractivity contribution in [3.63, 3.8) is 0 Å². The number of carbonyl (C=O) groups excluding carboxylic acids is 1. The molecule has 1 fully saturated rings. The van der Waals surface area contributed by atoms with Crippen LogP contribution in [0.3, 0.4) is 0 Å². The van der Waals surface area contributed by atoms with Gasteiger partial charge in [0.2, 0.25) is 5.91 Å². The molecule has 1 aliphatic carbocycles. The molecule has 1 amide bonds. The van der Waals surface area contributed by atoms with Gasteiger partial charge in [0.05, 0.1) is 11.8 Å². The van der Waals surface area contributed by atoms with Gasteiger partial charge in [0.15, 0.2) is 11.0 Å². The molecule has 4 aromatic rings. The predicted molar refractivity (Wildman–Crippen MR) is 129 cm³/mol. The van der Waals surface area contributed by atoms with Crippen LogP contribution in [-0.2, 0) is 4.79 Å². The quantitative estimate of drug-likeness (QED) is 0.367. The van der Waals surface area contributed by atoms with Crippen molar-refractivity contribution in [1.82, 2.24) is 25.1 Å². The molecule has 0 aliphatic heterocycles. The lowest BCUT2D eigenvalue weighted by atomic mass is 9.98. The van der Waals surface area contributed by atoms with Gasteiger partial charge in [-0.15, -0.1) is 10.2 Å². The van der Waals surface area contributed by atoms with Gasteiger partial charge in [-0.2, -0.15) is 5.26 Å². The maximum Gasteiger partial charge on any atom is 0.231 e. The van der Waals surface area contributed by atoms with E-state index < -0.39 is 5.54 Å². The van der Waals surface area contributed by atoms with Crippen LogP contribution in [0.5, 0.6) is 0 Å². The Labute approximate surface area is 200 Å². The van der Waals surface area contributed by atoms with Crippen molar-refractivity contribution in [2.24, 2.45) is 5.92 Å². The smallest absolute Gasteiger partial charge is 0.231 e. The van der Waals surface area contributed by atoms with E-state index in [1.165, 1.54) is 11.8 Å². The Bertz CT molecular complexity index is 1370. The zero-order chi connectivity index (χ0) is 23.0. The van der Waals surface area contributed by atoms with Gasteiger partial charge < -0.3 is 10.3 Å². The number of nitrogens with one attached hydrogen (secondary N) is 2. The standard InChI is InChI=1S/C24H21ClN6OS/c1-24(14-26,15-6-7-15)28-21(32)13-33-23-30-29-22(31(23)17-10-8-16(25)9-11-17)19-12-27-20-5-3-2-4-18(19)20/h2-5,8-12,15,27H,6-7,13H2,1H3,(H,28,32). The Kier molecular flexibility index (Phi) is 5.60. The van der Waals surface area contributed by atoms with Crippen LogP contribution in [-0.4, -0.2) is 36.9 Å². The van der Waals surface area contributed by atoms with Crippen molar-refractivity contribution in [1.29, 1.82) is 5.26 Å². The van der Waals surface area contributed by atoms with Crippen LogP contribution in [0.2, 0.25) is 5.02 Å². The second kappa shape index (κ2) is 8.58. The molecule has 2 aromatic heterocycles. The third kappa shape index (κ3) is 4.22. The first-order valence-corrected chi connectivity index (χ1v) is 12.0. The summed E-state index contributed by atoms with van der Waals surface area (Å²) in [6, 6.07) is 17.7. The number of benzene rings is 2. The summed E-state index contributed by atoms with van der Waals surface area (Å²) in [7, 11) is 0. The zero-order valence-corrected chi connectivity index (χ0v) is 19.5. The summed E-state index contributed by atoms with van der Waals surface area (Å²) >= 11 is 7.39. The second-order valence-corrected chi connectivity index (χ2v) is 9.67. The monoisotopic (exact) mass is 476 g/mol. The molecule has 1 saturated carbocycles. The highest BCUT2D eigenvalue weighted by molar-refractivity contribution is 7.99. The van der Waals surface area contributed by atoms with Gasteiger partial charge >= 0.3 is 0 Å². The van der Waals surface area contributed by atoms with Crippen LogP contribution in [0, 0.1) is 17.2 Å². The highest BCUT2D eigenvalue weighted by Gasteiger charge is 2.43. The van der Waals surface area contributed by atoms with E-state index in [0.29, 0.717) is 16.0 Å².